The van der Waals surface area contributed by atoms with Crippen LogP contribution in [0.4, 0.5) is 11.4 Å². The molecule has 1 unspecified atom stereocenters. The molecule has 0 fully saturated rings. The maximum Gasteiger partial charge on any atom is 0.0636 e. The minimum absolute atomic E-state index is 0.155. The minimum atomic E-state index is 0.155. The van der Waals surface area contributed by atoms with Gasteiger partial charge in [-0.3, -0.25) is 0 Å². The van der Waals surface area contributed by atoms with E-state index in [1.165, 1.54) is 22.4 Å². The SMILES string of the molecule is Cc1ccccc1NC(CN)c1ccc2c(c1)CCN2C. The average molecular weight is 281 g/mol. The topological polar surface area (TPSA) is 41.3 Å². The maximum absolute atomic E-state index is 6.00. The van der Waals surface area contributed by atoms with Gasteiger partial charge in [-0.15, -0.1) is 0 Å². The molecule has 0 aliphatic carbocycles. The van der Waals surface area contributed by atoms with Crippen LogP contribution in [0.3, 0.4) is 0 Å². The predicted octanol–water partition coefficient (Wildman–Crippen LogP) is 3.10. The highest BCUT2D eigenvalue weighted by Gasteiger charge is 2.18. The lowest BCUT2D eigenvalue weighted by molar-refractivity contribution is 0.787. The van der Waals surface area contributed by atoms with Gasteiger partial charge in [-0.25, -0.2) is 0 Å². The van der Waals surface area contributed by atoms with E-state index in [0.717, 1.165) is 18.7 Å². The van der Waals surface area contributed by atoms with E-state index in [0.29, 0.717) is 6.54 Å². The number of nitrogens with two attached hydrogens (primary N) is 1. The summed E-state index contributed by atoms with van der Waals surface area (Å²) in [4.78, 5) is 2.31. The molecule has 2 aromatic carbocycles. The average Bonchev–Trinajstić information content (AvgIpc) is 2.87. The van der Waals surface area contributed by atoms with Crippen LogP contribution in [0.25, 0.3) is 0 Å². The van der Waals surface area contributed by atoms with Crippen molar-refractivity contribution in [3.8, 4) is 0 Å². The number of hydrogen-bond donors (Lipinski definition) is 2. The van der Waals surface area contributed by atoms with Crippen molar-refractivity contribution in [1.82, 2.24) is 0 Å². The van der Waals surface area contributed by atoms with Gasteiger partial charge in [-0.05, 0) is 42.2 Å². The molecule has 110 valence electrons. The number of rotatable bonds is 4. The van der Waals surface area contributed by atoms with Crippen molar-refractivity contribution in [2.24, 2.45) is 5.73 Å². The number of nitrogens with one attached hydrogen (secondary N) is 1. The van der Waals surface area contributed by atoms with Crippen LogP contribution < -0.4 is 16.0 Å². The van der Waals surface area contributed by atoms with Crippen molar-refractivity contribution < 1.29 is 0 Å². The zero-order chi connectivity index (χ0) is 14.8. The Hall–Kier alpha value is -2.00. The lowest BCUT2D eigenvalue weighted by atomic mass is 10.0. The molecule has 0 spiro atoms. The van der Waals surface area contributed by atoms with E-state index >= 15 is 0 Å². The molecule has 3 rings (SSSR count). The fourth-order valence-electron chi connectivity index (χ4n) is 3.00. The molecule has 1 aliphatic rings. The number of benzene rings is 2. The monoisotopic (exact) mass is 281 g/mol. The van der Waals surface area contributed by atoms with Crippen LogP contribution in [0, 0.1) is 6.92 Å². The normalized spacial score (nSPS) is 14.9. The van der Waals surface area contributed by atoms with Crippen molar-refractivity contribution >= 4 is 11.4 Å². The van der Waals surface area contributed by atoms with Crippen molar-refractivity contribution in [2.45, 2.75) is 19.4 Å². The number of aryl methyl sites for hydroxylation is 1. The highest BCUT2D eigenvalue weighted by molar-refractivity contribution is 5.60. The highest BCUT2D eigenvalue weighted by atomic mass is 15.1. The van der Waals surface area contributed by atoms with Crippen LogP contribution >= 0.6 is 0 Å². The van der Waals surface area contributed by atoms with E-state index in [1.807, 2.05) is 0 Å². The zero-order valence-electron chi connectivity index (χ0n) is 12.8. The second-order valence-electron chi connectivity index (χ2n) is 5.81. The van der Waals surface area contributed by atoms with Crippen molar-refractivity contribution in [3.63, 3.8) is 0 Å². The van der Waals surface area contributed by atoms with Gasteiger partial charge in [-0.1, -0.05) is 30.3 Å². The lowest BCUT2D eigenvalue weighted by Gasteiger charge is -2.21. The number of likely N-dealkylation sites (N-methyl/N-ethyl adjacent to an activating group) is 1. The number of hydrogen-bond acceptors (Lipinski definition) is 3. The zero-order valence-corrected chi connectivity index (χ0v) is 12.8. The summed E-state index contributed by atoms with van der Waals surface area (Å²) < 4.78 is 0. The lowest BCUT2D eigenvalue weighted by Crippen LogP contribution is -2.21. The summed E-state index contributed by atoms with van der Waals surface area (Å²) in [5.74, 6) is 0. The fraction of sp³-hybridized carbons (Fsp3) is 0.333. The second kappa shape index (κ2) is 5.78. The third-order valence-electron chi connectivity index (χ3n) is 4.34. The first-order valence-electron chi connectivity index (χ1n) is 7.55. The van der Waals surface area contributed by atoms with E-state index in [9.17, 15) is 0 Å². The quantitative estimate of drug-likeness (QED) is 0.905. The first-order chi connectivity index (χ1) is 10.2. The smallest absolute Gasteiger partial charge is 0.0636 e. The molecule has 3 N–H and O–H groups in total. The van der Waals surface area contributed by atoms with E-state index in [1.54, 1.807) is 0 Å². The Morgan fingerprint density at radius 2 is 2.05 bits per heavy atom. The van der Waals surface area contributed by atoms with Gasteiger partial charge in [0.15, 0.2) is 0 Å². The van der Waals surface area contributed by atoms with Gasteiger partial charge < -0.3 is 16.0 Å². The maximum atomic E-state index is 6.00. The van der Waals surface area contributed by atoms with Gasteiger partial charge in [0.2, 0.25) is 0 Å². The van der Waals surface area contributed by atoms with Crippen LogP contribution in [0.2, 0.25) is 0 Å². The molecule has 1 heterocycles. The summed E-state index contributed by atoms with van der Waals surface area (Å²) in [6.45, 7) is 3.81. The summed E-state index contributed by atoms with van der Waals surface area (Å²) >= 11 is 0. The van der Waals surface area contributed by atoms with Crippen LogP contribution in [-0.2, 0) is 6.42 Å². The number of fused-ring (bicyclic) bond motifs is 1. The van der Waals surface area contributed by atoms with Crippen LogP contribution in [-0.4, -0.2) is 20.1 Å². The molecule has 1 aliphatic heterocycles. The van der Waals surface area contributed by atoms with Crippen LogP contribution in [0.5, 0.6) is 0 Å². The van der Waals surface area contributed by atoms with Gasteiger partial charge in [0.1, 0.15) is 0 Å². The Bertz CT molecular complexity index is 636. The fourth-order valence-corrected chi connectivity index (χ4v) is 3.00. The van der Waals surface area contributed by atoms with Crippen molar-refractivity contribution in [1.29, 1.82) is 0 Å². The largest absolute Gasteiger partial charge is 0.377 e. The molecule has 0 aromatic heterocycles. The van der Waals surface area contributed by atoms with Crippen molar-refractivity contribution in [2.75, 3.05) is 30.4 Å². The molecule has 1 atom stereocenters. The third kappa shape index (κ3) is 2.74. The van der Waals surface area contributed by atoms with Crippen LogP contribution in [0.15, 0.2) is 42.5 Å². The number of anilines is 2. The first kappa shape index (κ1) is 14.0. The molecule has 0 saturated carbocycles. The molecule has 21 heavy (non-hydrogen) atoms. The molecule has 0 bridgehead atoms. The third-order valence-corrected chi connectivity index (χ3v) is 4.34. The Balaban J connectivity index is 1.86. The summed E-state index contributed by atoms with van der Waals surface area (Å²) in [7, 11) is 2.15. The minimum Gasteiger partial charge on any atom is -0.377 e. The summed E-state index contributed by atoms with van der Waals surface area (Å²) in [5, 5.41) is 3.58. The van der Waals surface area contributed by atoms with Gasteiger partial charge in [0.05, 0.1) is 6.04 Å². The Labute approximate surface area is 126 Å². The van der Waals surface area contributed by atoms with E-state index in [4.69, 9.17) is 5.73 Å². The van der Waals surface area contributed by atoms with Crippen molar-refractivity contribution in [3.05, 3.63) is 59.2 Å². The molecule has 2 aromatic rings. The van der Waals surface area contributed by atoms with Gasteiger partial charge in [-0.2, -0.15) is 0 Å². The van der Waals surface area contributed by atoms with E-state index < -0.39 is 0 Å². The molecule has 3 heteroatoms. The second-order valence-corrected chi connectivity index (χ2v) is 5.81. The van der Waals surface area contributed by atoms with E-state index in [2.05, 4.69) is 66.7 Å². The molecular weight excluding hydrogens is 258 g/mol. The van der Waals surface area contributed by atoms with Crippen LogP contribution in [0.1, 0.15) is 22.7 Å². The molecular formula is C18H23N3. The van der Waals surface area contributed by atoms with Gasteiger partial charge in [0, 0.05) is 31.5 Å². The van der Waals surface area contributed by atoms with Gasteiger partial charge >= 0.3 is 0 Å². The molecule has 0 saturated heterocycles. The summed E-state index contributed by atoms with van der Waals surface area (Å²) in [6.07, 6.45) is 1.13. The van der Waals surface area contributed by atoms with Gasteiger partial charge in [0.25, 0.3) is 0 Å². The molecule has 0 amide bonds. The first-order valence-corrected chi connectivity index (χ1v) is 7.55. The Morgan fingerprint density at radius 1 is 1.24 bits per heavy atom. The Kier molecular flexibility index (Phi) is 3.84. The molecule has 3 nitrogen and oxygen atoms in total. The summed E-state index contributed by atoms with van der Waals surface area (Å²) in [6, 6.07) is 15.2. The Morgan fingerprint density at radius 3 is 2.81 bits per heavy atom. The standard InChI is InChI=1S/C18H23N3/c1-13-5-3-4-6-16(13)20-17(12-19)14-7-8-18-15(11-14)9-10-21(18)2/h3-8,11,17,20H,9-10,12,19H2,1-2H3. The summed E-state index contributed by atoms with van der Waals surface area (Å²) in [5.41, 5.74) is 12.5. The molecule has 0 radical (unpaired) electrons. The number of nitrogens with zero attached hydrogens (tertiary/aromatic N) is 1. The number of para-hydroxylation sites is 1. The highest BCUT2D eigenvalue weighted by Crippen LogP contribution is 2.30. The predicted molar refractivity (Wildman–Crippen MR) is 90.0 cm³/mol. The van der Waals surface area contributed by atoms with E-state index in [-0.39, 0.29) is 6.04 Å².